The number of hydrogen-bond acceptors (Lipinski definition) is 3. The van der Waals surface area contributed by atoms with Crippen molar-refractivity contribution in [3.8, 4) is 0 Å². The maximum atomic E-state index is 10.9. The molecule has 0 unspecified atom stereocenters. The quantitative estimate of drug-likeness (QED) is 0.601. The van der Waals surface area contributed by atoms with Crippen LogP contribution < -0.4 is 0 Å². The molecule has 0 radical (unpaired) electrons. The van der Waals surface area contributed by atoms with E-state index in [1.54, 1.807) is 0 Å². The van der Waals surface area contributed by atoms with Gasteiger partial charge in [0.15, 0.2) is 7.05 Å². The molecule has 76 valence electrons. The van der Waals surface area contributed by atoms with E-state index in [1.807, 2.05) is 0 Å². The van der Waals surface area contributed by atoms with E-state index in [9.17, 15) is 13.3 Å². The van der Waals surface area contributed by atoms with Crippen molar-refractivity contribution in [3.63, 3.8) is 0 Å². The van der Waals surface area contributed by atoms with E-state index in [4.69, 9.17) is 22.3 Å². The molecule has 0 fully saturated rings. The van der Waals surface area contributed by atoms with Gasteiger partial charge in [-0.1, -0.05) is 11.6 Å². The molecule has 7 heteroatoms. The molecule has 0 aliphatic carbocycles. The van der Waals surface area contributed by atoms with Gasteiger partial charge in [0.2, 0.25) is 0 Å². The molecule has 0 saturated heterocycles. The van der Waals surface area contributed by atoms with E-state index < -0.39 is 9.05 Å². The second-order valence-corrected chi connectivity index (χ2v) is 5.52. The van der Waals surface area contributed by atoms with Gasteiger partial charge in [0.25, 0.3) is 14.7 Å². The third kappa shape index (κ3) is 2.43. The van der Waals surface area contributed by atoms with Crippen molar-refractivity contribution in [3.05, 3.63) is 28.1 Å². The van der Waals surface area contributed by atoms with Gasteiger partial charge in [-0.15, -0.1) is 0 Å². The Morgan fingerprint density at radius 1 is 1.36 bits per heavy atom. The number of nitroso groups, excluding NO2 is 1. The first-order valence-corrected chi connectivity index (χ1v) is 6.16. The Labute approximate surface area is 90.4 Å². The molecular weight excluding hydrogens is 249 g/mol. The van der Waals surface area contributed by atoms with Crippen LogP contribution in [0.3, 0.4) is 0 Å². The second kappa shape index (κ2) is 3.84. The van der Waals surface area contributed by atoms with Crippen LogP contribution in [0.5, 0.6) is 0 Å². The van der Waals surface area contributed by atoms with Gasteiger partial charge >= 0.3 is 0 Å². The number of halogens is 2. The smallest absolute Gasteiger partial charge is 0.207 e. The summed E-state index contributed by atoms with van der Waals surface area (Å²) in [5, 5.41) is 0.173. The van der Waals surface area contributed by atoms with Gasteiger partial charge in [0, 0.05) is 26.4 Å². The molecule has 0 aliphatic heterocycles. The lowest BCUT2D eigenvalue weighted by molar-refractivity contribution is -0.428. The highest BCUT2D eigenvalue weighted by atomic mass is 35.7. The number of benzene rings is 1. The van der Waals surface area contributed by atoms with Crippen LogP contribution in [0, 0.1) is 4.91 Å². The van der Waals surface area contributed by atoms with Crippen molar-refractivity contribution in [2.45, 2.75) is 4.90 Å². The summed E-state index contributed by atoms with van der Waals surface area (Å²) < 4.78 is 22.3. The van der Waals surface area contributed by atoms with Gasteiger partial charge in [0.1, 0.15) is 5.02 Å². The maximum Gasteiger partial charge on any atom is 0.275 e. The lowest BCUT2D eigenvalue weighted by Crippen LogP contribution is -1.96. The largest absolute Gasteiger partial charge is 0.275 e. The molecule has 0 amide bonds. The third-order valence-electron chi connectivity index (χ3n) is 1.54. The van der Waals surface area contributed by atoms with Crippen molar-refractivity contribution in [1.82, 2.24) is 0 Å². The molecule has 0 spiro atoms. The Morgan fingerprint density at radius 2 is 1.93 bits per heavy atom. The highest BCUT2D eigenvalue weighted by Gasteiger charge is 2.18. The van der Waals surface area contributed by atoms with Gasteiger partial charge in [-0.2, -0.15) is 0 Å². The minimum absolute atomic E-state index is 0.0633. The van der Waals surface area contributed by atoms with Gasteiger partial charge in [-0.3, -0.25) is 0 Å². The molecule has 0 aliphatic rings. The molecule has 0 atom stereocenters. The molecular formula is C7H6Cl2NO3S+. The minimum atomic E-state index is -3.83. The summed E-state index contributed by atoms with van der Waals surface area (Å²) in [7, 11) is 2.48. The zero-order chi connectivity index (χ0) is 10.9. The van der Waals surface area contributed by atoms with Crippen molar-refractivity contribution in [1.29, 1.82) is 0 Å². The predicted molar refractivity (Wildman–Crippen MR) is 53.7 cm³/mol. The van der Waals surface area contributed by atoms with Crippen LogP contribution in [0.15, 0.2) is 23.1 Å². The molecule has 0 aromatic heterocycles. The minimum Gasteiger partial charge on any atom is -0.207 e. The topological polar surface area (TPSA) is 54.2 Å². The van der Waals surface area contributed by atoms with Crippen LogP contribution in [-0.4, -0.2) is 20.2 Å². The lowest BCUT2D eigenvalue weighted by atomic mass is 10.3. The molecule has 0 heterocycles. The van der Waals surface area contributed by atoms with Gasteiger partial charge in [0.05, 0.1) is 4.90 Å². The van der Waals surface area contributed by atoms with Gasteiger partial charge < -0.3 is 0 Å². The first kappa shape index (κ1) is 11.4. The van der Waals surface area contributed by atoms with Gasteiger partial charge in [-0.25, -0.2) is 8.42 Å². The van der Waals surface area contributed by atoms with Crippen molar-refractivity contribution < 1.29 is 13.2 Å². The van der Waals surface area contributed by atoms with Crippen LogP contribution >= 0.6 is 22.3 Å². The fourth-order valence-corrected chi connectivity index (χ4v) is 1.89. The summed E-state index contributed by atoms with van der Waals surface area (Å²) >= 11 is 5.66. The van der Waals surface area contributed by atoms with Crippen molar-refractivity contribution >= 4 is 37.0 Å². The van der Waals surface area contributed by atoms with E-state index in [2.05, 4.69) is 0 Å². The zero-order valence-corrected chi connectivity index (χ0v) is 9.40. The third-order valence-corrected chi connectivity index (χ3v) is 3.21. The Kier molecular flexibility index (Phi) is 3.14. The predicted octanol–water partition coefficient (Wildman–Crippen LogP) is 2.31. The van der Waals surface area contributed by atoms with Crippen molar-refractivity contribution in [2.75, 3.05) is 7.05 Å². The van der Waals surface area contributed by atoms with Crippen LogP contribution in [0.25, 0.3) is 0 Å². The van der Waals surface area contributed by atoms with Crippen LogP contribution in [0.2, 0.25) is 5.02 Å². The fourth-order valence-electron chi connectivity index (χ4n) is 0.885. The fraction of sp³-hybridized carbons (Fsp3) is 0.143. The number of nitrogens with zero attached hydrogens (tertiary/aromatic N) is 1. The zero-order valence-electron chi connectivity index (χ0n) is 7.07. The van der Waals surface area contributed by atoms with E-state index in [0.29, 0.717) is 4.76 Å². The Hall–Kier alpha value is -0.650. The van der Waals surface area contributed by atoms with E-state index in [1.165, 1.54) is 19.2 Å². The maximum absolute atomic E-state index is 10.9. The molecule has 1 aromatic rings. The number of rotatable bonds is 2. The van der Waals surface area contributed by atoms with Crippen molar-refractivity contribution in [2.24, 2.45) is 0 Å². The molecule has 4 nitrogen and oxygen atoms in total. The molecule has 14 heavy (non-hydrogen) atoms. The van der Waals surface area contributed by atoms with Crippen LogP contribution in [0.4, 0.5) is 5.69 Å². The standard InChI is InChI=1S/C7H6Cl2NO3S/c1-10(11)7-4-5(14(9,12)13)2-3-6(7)8/h2-4H,1H3/q+1. The Balaban J connectivity index is 3.42. The molecule has 1 aromatic carbocycles. The second-order valence-electron chi connectivity index (χ2n) is 2.55. The monoisotopic (exact) mass is 254 g/mol. The first-order chi connectivity index (χ1) is 6.32. The lowest BCUT2D eigenvalue weighted by Gasteiger charge is -1.96. The van der Waals surface area contributed by atoms with Gasteiger partial charge in [-0.05, 0) is 12.1 Å². The summed E-state index contributed by atoms with van der Waals surface area (Å²) in [5.74, 6) is 0. The number of hydrogen-bond donors (Lipinski definition) is 0. The Morgan fingerprint density at radius 3 is 2.36 bits per heavy atom. The first-order valence-electron chi connectivity index (χ1n) is 3.47. The average molecular weight is 255 g/mol. The van der Waals surface area contributed by atoms with Crippen LogP contribution in [-0.2, 0) is 9.05 Å². The highest BCUT2D eigenvalue weighted by molar-refractivity contribution is 8.13. The van der Waals surface area contributed by atoms with E-state index in [-0.39, 0.29) is 15.6 Å². The molecule has 1 rings (SSSR count). The van der Waals surface area contributed by atoms with E-state index in [0.717, 1.165) is 6.07 Å². The summed E-state index contributed by atoms with van der Waals surface area (Å²) in [4.78, 5) is 10.8. The molecule has 0 bridgehead atoms. The highest BCUT2D eigenvalue weighted by Crippen LogP contribution is 2.27. The van der Waals surface area contributed by atoms with E-state index >= 15 is 0 Å². The normalized spacial score (nSPS) is 11.4. The summed E-state index contributed by atoms with van der Waals surface area (Å²) in [6, 6.07) is 3.66. The van der Waals surface area contributed by atoms with Crippen LogP contribution in [0.1, 0.15) is 0 Å². The summed E-state index contributed by atoms with van der Waals surface area (Å²) in [5.41, 5.74) is 0.0633. The summed E-state index contributed by atoms with van der Waals surface area (Å²) in [6.45, 7) is 0. The average Bonchev–Trinajstić information content (AvgIpc) is 2.02. The molecule has 0 saturated carbocycles. The Bertz CT molecular complexity index is 484. The SMILES string of the molecule is C[N+](=O)c1cc(S(=O)(=O)Cl)ccc1Cl. The molecule has 0 N–H and O–H groups in total. The summed E-state index contributed by atoms with van der Waals surface area (Å²) in [6.07, 6.45) is 0.